The lowest BCUT2D eigenvalue weighted by Crippen LogP contribution is -2.59. The lowest BCUT2D eigenvalue weighted by molar-refractivity contribution is -0.243. The Kier molecular flexibility index (Phi) is 3.79. The molecule has 3 fully saturated rings. The summed E-state index contributed by atoms with van der Waals surface area (Å²) >= 11 is 0. The number of hydrogen-bond donors (Lipinski definition) is 1. The molecule has 156 valence electrons. The molecule has 0 radical (unpaired) electrons. The Balaban J connectivity index is 1.38. The summed E-state index contributed by atoms with van der Waals surface area (Å²) in [5, 5.41) is 9.53. The van der Waals surface area contributed by atoms with Gasteiger partial charge in [-0.15, -0.1) is 0 Å². The zero-order chi connectivity index (χ0) is 21.3. The van der Waals surface area contributed by atoms with E-state index in [2.05, 4.69) is 0 Å². The SMILES string of the molecule is O=C(OCC1c2ccccc2-c2ccccc21)N1CC2(C(F)(F)F)CC1(C(=O)O)C2. The third kappa shape index (κ3) is 2.36. The molecule has 1 saturated carbocycles. The third-order valence-electron chi connectivity index (χ3n) is 6.80. The number of amides is 1. The summed E-state index contributed by atoms with van der Waals surface area (Å²) in [6, 6.07) is 15.4. The van der Waals surface area contributed by atoms with Crippen molar-refractivity contribution in [2.75, 3.05) is 13.2 Å². The van der Waals surface area contributed by atoms with Gasteiger partial charge in [-0.1, -0.05) is 48.5 Å². The molecule has 2 aliphatic heterocycles. The highest BCUT2D eigenvalue weighted by molar-refractivity contribution is 5.88. The number of fused-ring (bicyclic) bond motifs is 4. The van der Waals surface area contributed by atoms with Crippen LogP contribution in [0.4, 0.5) is 18.0 Å². The van der Waals surface area contributed by atoms with Gasteiger partial charge in [0.15, 0.2) is 0 Å². The van der Waals surface area contributed by atoms with E-state index in [1.165, 1.54) is 0 Å². The van der Waals surface area contributed by atoms with Gasteiger partial charge >= 0.3 is 18.2 Å². The molecular formula is C22H18F3NO4. The van der Waals surface area contributed by atoms with Crippen LogP contribution in [0, 0.1) is 5.41 Å². The molecule has 2 saturated heterocycles. The van der Waals surface area contributed by atoms with Crippen molar-refractivity contribution < 1.29 is 32.6 Å². The maximum Gasteiger partial charge on any atom is 0.410 e. The van der Waals surface area contributed by atoms with Gasteiger partial charge in [0.1, 0.15) is 12.1 Å². The Bertz CT molecular complexity index is 1010. The summed E-state index contributed by atoms with van der Waals surface area (Å²) in [5.74, 6) is -1.68. The Morgan fingerprint density at radius 1 is 1.03 bits per heavy atom. The van der Waals surface area contributed by atoms with Gasteiger partial charge in [-0.2, -0.15) is 13.2 Å². The summed E-state index contributed by atoms with van der Waals surface area (Å²) in [6.07, 6.45) is -6.82. The number of hydrogen-bond acceptors (Lipinski definition) is 3. The molecule has 0 aromatic heterocycles. The van der Waals surface area contributed by atoms with Crippen LogP contribution in [0.3, 0.4) is 0 Å². The summed E-state index contributed by atoms with van der Waals surface area (Å²) in [4.78, 5) is 25.2. The molecule has 5 nitrogen and oxygen atoms in total. The van der Waals surface area contributed by atoms with E-state index in [0.29, 0.717) is 0 Å². The van der Waals surface area contributed by atoms with Crippen molar-refractivity contribution in [3.8, 4) is 11.1 Å². The summed E-state index contributed by atoms with van der Waals surface area (Å²) in [7, 11) is 0. The van der Waals surface area contributed by atoms with Crippen LogP contribution in [-0.2, 0) is 9.53 Å². The predicted molar refractivity (Wildman–Crippen MR) is 99.9 cm³/mol. The topological polar surface area (TPSA) is 66.8 Å². The van der Waals surface area contributed by atoms with E-state index in [4.69, 9.17) is 4.74 Å². The monoisotopic (exact) mass is 417 g/mol. The van der Waals surface area contributed by atoms with Gasteiger partial charge in [-0.05, 0) is 35.1 Å². The minimum atomic E-state index is -4.57. The van der Waals surface area contributed by atoms with Crippen LogP contribution < -0.4 is 0 Å². The molecule has 2 bridgehead atoms. The molecule has 30 heavy (non-hydrogen) atoms. The van der Waals surface area contributed by atoms with E-state index in [-0.39, 0.29) is 12.5 Å². The average Bonchev–Trinajstić information content (AvgIpc) is 3.32. The van der Waals surface area contributed by atoms with Crippen molar-refractivity contribution in [3.63, 3.8) is 0 Å². The molecule has 4 aliphatic rings. The van der Waals surface area contributed by atoms with Crippen LogP contribution in [0.15, 0.2) is 48.5 Å². The number of carbonyl (C=O) groups is 2. The molecule has 2 aromatic rings. The molecule has 2 aliphatic carbocycles. The van der Waals surface area contributed by atoms with E-state index >= 15 is 0 Å². The lowest BCUT2D eigenvalue weighted by Gasteiger charge is -2.44. The third-order valence-corrected chi connectivity index (χ3v) is 6.80. The Morgan fingerprint density at radius 2 is 1.57 bits per heavy atom. The fourth-order valence-corrected chi connectivity index (χ4v) is 5.29. The number of nitrogens with zero attached hydrogens (tertiary/aromatic N) is 1. The highest BCUT2D eigenvalue weighted by Crippen LogP contribution is 2.66. The number of benzene rings is 2. The predicted octanol–water partition coefficient (Wildman–Crippen LogP) is 4.42. The van der Waals surface area contributed by atoms with Crippen LogP contribution in [0.25, 0.3) is 11.1 Å². The molecule has 2 heterocycles. The first-order chi connectivity index (χ1) is 14.2. The zero-order valence-corrected chi connectivity index (χ0v) is 15.8. The van der Waals surface area contributed by atoms with E-state index in [0.717, 1.165) is 27.2 Å². The van der Waals surface area contributed by atoms with Crippen molar-refractivity contribution in [3.05, 3.63) is 59.7 Å². The molecular weight excluding hydrogens is 399 g/mol. The zero-order valence-electron chi connectivity index (χ0n) is 15.8. The Labute approximate surface area is 170 Å². The largest absolute Gasteiger partial charge is 0.479 e. The number of carboxylic acids is 1. The first-order valence-electron chi connectivity index (χ1n) is 9.61. The number of carbonyl (C=O) groups excluding carboxylic acids is 1. The molecule has 0 unspecified atom stereocenters. The van der Waals surface area contributed by atoms with Gasteiger partial charge < -0.3 is 9.84 Å². The summed E-state index contributed by atoms with van der Waals surface area (Å²) in [5.41, 5.74) is -0.00483. The minimum absolute atomic E-state index is 0.0714. The molecule has 1 N–H and O–H groups in total. The van der Waals surface area contributed by atoms with Crippen molar-refractivity contribution in [2.45, 2.75) is 30.5 Å². The number of alkyl halides is 3. The second-order valence-corrected chi connectivity index (χ2v) is 8.36. The van der Waals surface area contributed by atoms with Gasteiger partial charge in [0.05, 0.1) is 5.41 Å². The van der Waals surface area contributed by atoms with Crippen LogP contribution in [-0.4, -0.2) is 46.9 Å². The standard InChI is InChI=1S/C22H18F3NO4/c23-22(24,25)20-10-21(11-20,18(27)28)26(12-20)19(29)30-9-17-15-7-3-1-5-13(15)14-6-2-4-8-16(14)17/h1-8,17H,9-12H2,(H,27,28). The summed E-state index contributed by atoms with van der Waals surface area (Å²) < 4.78 is 45.7. The first kappa shape index (κ1) is 19.0. The summed E-state index contributed by atoms with van der Waals surface area (Å²) in [6.45, 7) is -0.752. The average molecular weight is 417 g/mol. The number of carboxylic acid groups (broad SMARTS) is 1. The fraction of sp³-hybridized carbons (Fsp3) is 0.364. The van der Waals surface area contributed by atoms with Gasteiger partial charge in [0, 0.05) is 12.5 Å². The molecule has 8 heteroatoms. The highest BCUT2D eigenvalue weighted by Gasteiger charge is 2.79. The molecule has 0 atom stereocenters. The maximum atomic E-state index is 13.4. The second-order valence-electron chi connectivity index (χ2n) is 8.36. The van der Waals surface area contributed by atoms with Gasteiger partial charge in [-0.3, -0.25) is 4.90 Å². The molecule has 1 amide bonds. The van der Waals surface area contributed by atoms with Gasteiger partial charge in [-0.25, -0.2) is 9.59 Å². The first-order valence-corrected chi connectivity index (χ1v) is 9.61. The van der Waals surface area contributed by atoms with Crippen LogP contribution in [0.5, 0.6) is 0 Å². The van der Waals surface area contributed by atoms with Gasteiger partial charge in [0.25, 0.3) is 0 Å². The number of rotatable bonds is 3. The smallest absolute Gasteiger partial charge is 0.410 e. The van der Waals surface area contributed by atoms with Crippen LogP contribution in [0.2, 0.25) is 0 Å². The minimum Gasteiger partial charge on any atom is -0.479 e. The van der Waals surface area contributed by atoms with Crippen molar-refractivity contribution in [2.24, 2.45) is 5.41 Å². The number of halogens is 3. The van der Waals surface area contributed by atoms with E-state index < -0.39 is 48.6 Å². The highest BCUT2D eigenvalue weighted by atomic mass is 19.4. The number of ether oxygens (including phenoxy) is 1. The molecule has 0 spiro atoms. The second kappa shape index (κ2) is 6.00. The van der Waals surface area contributed by atoms with Gasteiger partial charge in [0.2, 0.25) is 0 Å². The van der Waals surface area contributed by atoms with Crippen LogP contribution in [0.1, 0.15) is 29.9 Å². The van der Waals surface area contributed by atoms with Crippen molar-refractivity contribution in [1.29, 1.82) is 0 Å². The lowest BCUT2D eigenvalue weighted by atomic mass is 9.61. The fourth-order valence-electron chi connectivity index (χ4n) is 5.29. The van der Waals surface area contributed by atoms with E-state index in [9.17, 15) is 27.9 Å². The van der Waals surface area contributed by atoms with E-state index in [1.807, 2.05) is 48.5 Å². The number of aliphatic carboxylic acids is 1. The maximum absolute atomic E-state index is 13.4. The Hall–Kier alpha value is -3.03. The van der Waals surface area contributed by atoms with E-state index in [1.54, 1.807) is 0 Å². The molecule has 6 rings (SSSR count). The normalized spacial score (nSPS) is 26.7. The van der Waals surface area contributed by atoms with Crippen LogP contribution >= 0.6 is 0 Å². The molecule has 2 aromatic carbocycles. The van der Waals surface area contributed by atoms with Crippen molar-refractivity contribution >= 4 is 12.1 Å². The quantitative estimate of drug-likeness (QED) is 0.803. The Morgan fingerprint density at radius 3 is 2.07 bits per heavy atom. The van der Waals surface area contributed by atoms with Crippen molar-refractivity contribution in [1.82, 2.24) is 4.90 Å².